The molecule has 0 bridgehead atoms. The van der Waals surface area contributed by atoms with E-state index in [1.807, 2.05) is 13.0 Å². The highest BCUT2D eigenvalue weighted by molar-refractivity contribution is 7.08. The first-order valence-corrected chi connectivity index (χ1v) is 6.61. The molecule has 0 saturated heterocycles. The van der Waals surface area contributed by atoms with Crippen molar-refractivity contribution < 1.29 is 9.53 Å². The summed E-state index contributed by atoms with van der Waals surface area (Å²) < 4.78 is 8.93. The Kier molecular flexibility index (Phi) is 4.40. The van der Waals surface area contributed by atoms with E-state index >= 15 is 0 Å². The van der Waals surface area contributed by atoms with Gasteiger partial charge in [-0.15, -0.1) is 5.10 Å². The van der Waals surface area contributed by atoms with Gasteiger partial charge in [0.25, 0.3) is 5.91 Å². The van der Waals surface area contributed by atoms with Gasteiger partial charge < -0.3 is 10.1 Å². The zero-order valence-corrected chi connectivity index (χ0v) is 11.5. The number of amides is 1. The fraction of sp³-hybridized carbons (Fsp3) is 0.333. The second-order valence-electron chi connectivity index (χ2n) is 3.76. The van der Waals surface area contributed by atoms with E-state index in [0.29, 0.717) is 23.7 Å². The molecule has 0 unspecified atom stereocenters. The summed E-state index contributed by atoms with van der Waals surface area (Å²) in [4.78, 5) is 16.7. The molecule has 0 atom stereocenters. The number of aryl methyl sites for hydroxylation is 1. The van der Waals surface area contributed by atoms with Crippen molar-refractivity contribution in [2.75, 3.05) is 7.11 Å². The van der Waals surface area contributed by atoms with Crippen molar-refractivity contribution in [1.82, 2.24) is 19.9 Å². The predicted octanol–water partition coefficient (Wildman–Crippen LogP) is 1.43. The van der Waals surface area contributed by atoms with E-state index in [9.17, 15) is 4.79 Å². The molecule has 19 heavy (non-hydrogen) atoms. The molecule has 2 heterocycles. The average molecular weight is 278 g/mol. The van der Waals surface area contributed by atoms with E-state index in [-0.39, 0.29) is 5.91 Å². The number of pyridine rings is 1. The lowest BCUT2D eigenvalue weighted by Crippen LogP contribution is -2.23. The molecule has 0 aliphatic heterocycles. The molecule has 2 aromatic rings. The Hall–Kier alpha value is -2.02. The number of aromatic nitrogens is 3. The van der Waals surface area contributed by atoms with Crippen LogP contribution in [0.3, 0.4) is 0 Å². The number of hydrogen-bond acceptors (Lipinski definition) is 6. The van der Waals surface area contributed by atoms with Gasteiger partial charge >= 0.3 is 0 Å². The fourth-order valence-corrected chi connectivity index (χ4v) is 2.28. The van der Waals surface area contributed by atoms with Crippen LogP contribution in [0.5, 0.6) is 5.88 Å². The number of methoxy groups -OCH3 is 1. The van der Waals surface area contributed by atoms with E-state index in [1.54, 1.807) is 19.4 Å². The molecule has 0 spiro atoms. The molecule has 0 saturated carbocycles. The van der Waals surface area contributed by atoms with Gasteiger partial charge in [-0.1, -0.05) is 17.5 Å². The Morgan fingerprint density at radius 3 is 3.11 bits per heavy atom. The molecule has 0 aliphatic rings. The van der Waals surface area contributed by atoms with Crippen LogP contribution in [0, 0.1) is 0 Å². The highest BCUT2D eigenvalue weighted by Crippen LogP contribution is 2.14. The van der Waals surface area contributed by atoms with Gasteiger partial charge in [0.15, 0.2) is 0 Å². The molecule has 2 rings (SSSR count). The zero-order valence-electron chi connectivity index (χ0n) is 10.7. The summed E-state index contributed by atoms with van der Waals surface area (Å²) in [6.07, 6.45) is 2.34. The van der Waals surface area contributed by atoms with Gasteiger partial charge in [-0.05, 0) is 24.0 Å². The van der Waals surface area contributed by atoms with E-state index in [2.05, 4.69) is 19.9 Å². The first kappa shape index (κ1) is 13.4. The highest BCUT2D eigenvalue weighted by atomic mass is 32.1. The number of ether oxygens (including phenoxy) is 1. The maximum atomic E-state index is 12.0. The van der Waals surface area contributed by atoms with Crippen molar-refractivity contribution in [3.05, 3.63) is 34.5 Å². The Labute approximate surface area is 115 Å². The summed E-state index contributed by atoms with van der Waals surface area (Å²) in [5, 5.41) is 6.74. The van der Waals surface area contributed by atoms with Crippen LogP contribution in [0.1, 0.15) is 27.9 Å². The lowest BCUT2D eigenvalue weighted by Gasteiger charge is -2.07. The molecular weight excluding hydrogens is 264 g/mol. The summed E-state index contributed by atoms with van der Waals surface area (Å²) in [5.74, 6) is 0.346. The lowest BCUT2D eigenvalue weighted by molar-refractivity contribution is 0.0953. The van der Waals surface area contributed by atoms with Crippen molar-refractivity contribution in [3.63, 3.8) is 0 Å². The van der Waals surface area contributed by atoms with Crippen LogP contribution >= 0.6 is 11.5 Å². The first-order chi connectivity index (χ1) is 9.26. The number of nitrogens with one attached hydrogen (secondary N) is 1. The molecule has 7 heteroatoms. The minimum atomic E-state index is -0.169. The molecule has 6 nitrogen and oxygen atoms in total. The van der Waals surface area contributed by atoms with Crippen LogP contribution in [0.15, 0.2) is 18.3 Å². The summed E-state index contributed by atoms with van der Waals surface area (Å²) in [7, 11) is 1.55. The highest BCUT2D eigenvalue weighted by Gasteiger charge is 2.15. The van der Waals surface area contributed by atoms with Crippen LogP contribution < -0.4 is 10.1 Å². The predicted molar refractivity (Wildman–Crippen MR) is 71.2 cm³/mol. The fourth-order valence-electron chi connectivity index (χ4n) is 1.61. The van der Waals surface area contributed by atoms with Gasteiger partial charge in [-0.2, -0.15) is 0 Å². The number of rotatable bonds is 5. The second-order valence-corrected chi connectivity index (χ2v) is 4.51. The quantitative estimate of drug-likeness (QED) is 0.895. The third-order valence-electron chi connectivity index (χ3n) is 2.58. The molecule has 0 aliphatic carbocycles. The average Bonchev–Trinajstić information content (AvgIpc) is 2.93. The lowest BCUT2D eigenvalue weighted by atomic mass is 10.2. The smallest absolute Gasteiger partial charge is 0.265 e. The van der Waals surface area contributed by atoms with Gasteiger partial charge in [-0.3, -0.25) is 4.79 Å². The van der Waals surface area contributed by atoms with E-state index in [0.717, 1.165) is 22.8 Å². The molecular formula is C12H14N4O2S. The Bertz CT molecular complexity index is 570. The van der Waals surface area contributed by atoms with Crippen molar-refractivity contribution in [2.24, 2.45) is 0 Å². The zero-order chi connectivity index (χ0) is 13.7. The van der Waals surface area contributed by atoms with Crippen LogP contribution in [-0.2, 0) is 13.0 Å². The Balaban J connectivity index is 2.04. The minimum Gasteiger partial charge on any atom is -0.481 e. The molecule has 1 N–H and O–H groups in total. The number of hydrogen-bond donors (Lipinski definition) is 1. The molecule has 1 amide bonds. The second kappa shape index (κ2) is 6.24. The molecule has 0 fully saturated rings. The van der Waals surface area contributed by atoms with E-state index in [4.69, 9.17) is 4.74 Å². The minimum absolute atomic E-state index is 0.169. The van der Waals surface area contributed by atoms with Gasteiger partial charge in [0.05, 0.1) is 12.8 Å². The van der Waals surface area contributed by atoms with Gasteiger partial charge in [0.2, 0.25) is 5.88 Å². The number of carbonyl (C=O) groups is 1. The third kappa shape index (κ3) is 3.05. The Morgan fingerprint density at radius 2 is 2.37 bits per heavy atom. The maximum absolute atomic E-state index is 12.0. The van der Waals surface area contributed by atoms with Crippen LogP contribution in [0.25, 0.3) is 0 Å². The van der Waals surface area contributed by atoms with E-state index in [1.165, 1.54) is 0 Å². The maximum Gasteiger partial charge on any atom is 0.265 e. The largest absolute Gasteiger partial charge is 0.481 e. The van der Waals surface area contributed by atoms with Crippen LogP contribution in [-0.4, -0.2) is 27.6 Å². The van der Waals surface area contributed by atoms with Gasteiger partial charge in [-0.25, -0.2) is 4.98 Å². The standard InChI is InChI=1S/C12H14N4O2S/c1-3-9-10(19-16-15-9)11(17)14-7-8-5-4-6-13-12(8)18-2/h4-6H,3,7H2,1-2H3,(H,14,17). The van der Waals surface area contributed by atoms with Crippen LogP contribution in [0.4, 0.5) is 0 Å². The Morgan fingerprint density at radius 1 is 1.53 bits per heavy atom. The third-order valence-corrected chi connectivity index (χ3v) is 3.35. The summed E-state index contributed by atoms with van der Waals surface area (Å²) in [5.41, 5.74) is 1.55. The van der Waals surface area contributed by atoms with Crippen molar-refractivity contribution in [3.8, 4) is 5.88 Å². The molecule has 2 aromatic heterocycles. The topological polar surface area (TPSA) is 77.0 Å². The van der Waals surface area contributed by atoms with Crippen molar-refractivity contribution >= 4 is 17.4 Å². The van der Waals surface area contributed by atoms with Crippen molar-refractivity contribution in [2.45, 2.75) is 19.9 Å². The summed E-state index contributed by atoms with van der Waals surface area (Å²) >= 11 is 1.11. The van der Waals surface area contributed by atoms with Gasteiger partial charge in [0.1, 0.15) is 4.88 Å². The summed E-state index contributed by atoms with van der Waals surface area (Å²) in [6.45, 7) is 2.30. The van der Waals surface area contributed by atoms with Crippen molar-refractivity contribution in [1.29, 1.82) is 0 Å². The molecule has 100 valence electrons. The number of nitrogens with zero attached hydrogens (tertiary/aromatic N) is 3. The molecule has 0 aromatic carbocycles. The van der Waals surface area contributed by atoms with E-state index < -0.39 is 0 Å². The van der Waals surface area contributed by atoms with Gasteiger partial charge in [0, 0.05) is 18.3 Å². The van der Waals surface area contributed by atoms with Crippen LogP contribution in [0.2, 0.25) is 0 Å². The SMILES string of the molecule is CCc1nnsc1C(=O)NCc1cccnc1OC. The normalized spacial score (nSPS) is 10.2. The first-order valence-electron chi connectivity index (χ1n) is 5.83. The summed E-state index contributed by atoms with van der Waals surface area (Å²) in [6, 6.07) is 3.66. The monoisotopic (exact) mass is 278 g/mol. The molecule has 0 radical (unpaired) electrons. The number of carbonyl (C=O) groups excluding carboxylic acids is 1.